The smallest absolute Gasteiger partial charge is 0.0542 e. The van der Waals surface area contributed by atoms with E-state index >= 15 is 0 Å². The lowest BCUT2D eigenvalue weighted by Gasteiger charge is -2.26. The molecule has 25 rings (SSSR count). The van der Waals surface area contributed by atoms with Crippen molar-refractivity contribution in [1.82, 2.24) is 9.13 Å². The van der Waals surface area contributed by atoms with Gasteiger partial charge >= 0.3 is 0 Å². The molecule has 141 heavy (non-hydrogen) atoms. The second kappa shape index (κ2) is 36.8. The van der Waals surface area contributed by atoms with Crippen molar-refractivity contribution >= 4 is 155 Å². The van der Waals surface area contributed by atoms with E-state index in [0.717, 1.165) is 102 Å². The van der Waals surface area contributed by atoms with Crippen molar-refractivity contribution < 1.29 is 0 Å². The molecular formula is C135H100N6. The molecule has 0 aliphatic rings. The third-order valence-corrected chi connectivity index (χ3v) is 28.0. The highest BCUT2D eigenvalue weighted by molar-refractivity contribution is 6.24. The Morgan fingerprint density at radius 1 is 0.163 bits per heavy atom. The van der Waals surface area contributed by atoms with Gasteiger partial charge in [-0.15, -0.1) is 0 Å². The van der Waals surface area contributed by atoms with Crippen LogP contribution in [0.2, 0.25) is 0 Å². The highest BCUT2D eigenvalue weighted by atomic mass is 15.2. The van der Waals surface area contributed by atoms with Crippen LogP contribution in [0.1, 0.15) is 31.9 Å². The fraction of sp³-hybridized carbons (Fsp3) is 0.0370. The lowest BCUT2D eigenvalue weighted by molar-refractivity contribution is 0.590. The van der Waals surface area contributed by atoms with Crippen LogP contribution in [0.5, 0.6) is 0 Å². The monoisotopic (exact) mass is 1800 g/mol. The van der Waals surface area contributed by atoms with Crippen LogP contribution in [-0.2, 0) is 5.41 Å². The quantitative estimate of drug-likeness (QED) is 0.0753. The van der Waals surface area contributed by atoms with Crippen molar-refractivity contribution in [2.24, 2.45) is 0 Å². The summed E-state index contributed by atoms with van der Waals surface area (Å²) in [6.45, 7) is 9.06. The number of para-hydroxylation sites is 8. The van der Waals surface area contributed by atoms with E-state index in [2.05, 4.69) is 590 Å². The lowest BCUT2D eigenvalue weighted by atomic mass is 9.82. The summed E-state index contributed by atoms with van der Waals surface area (Å²) in [7, 11) is 0. The first-order chi connectivity index (χ1) is 69.5. The first kappa shape index (κ1) is 85.8. The zero-order valence-electron chi connectivity index (χ0n) is 79.0. The van der Waals surface area contributed by atoms with E-state index in [-0.39, 0.29) is 5.41 Å². The van der Waals surface area contributed by atoms with E-state index in [0.29, 0.717) is 0 Å². The standard InChI is InChI=1S/C69H49N3.C66H51N3/c1-48-20-14-15-29-59(48)49-34-36-50(37-35-49)68-60-30-16-18-32-62(60)69(63-33-19-17-31-61(63)68)51-38-40-56(41-39-51)72-66-44-42-57(70(52-21-6-2-7-22-52)53-23-8-3-9-24-53)46-64(66)65-47-58(43-45-67(65)72)71(54-25-10-4-11-26-54)55-27-12-5-13-28-55;1-66(2,3)48-22-20-21-47(43-48)65-58-33-18-16-31-56(58)64(57-32-17-19-34-59(57)65)46-35-37-53(38-36-46)69-62-41-39-54(67(49-23-8-4-9-24-49)50-25-10-5-11-26-50)44-60(62)61-45-55(40-42-63(61)69)68(51-27-12-6-13-28-51)52-29-14-7-15-30-52/h2-47H,1H3;4-45H,1-3H3. The Labute approximate surface area is 823 Å². The van der Waals surface area contributed by atoms with E-state index in [9.17, 15) is 0 Å². The summed E-state index contributed by atoms with van der Waals surface area (Å²) < 4.78 is 4.88. The molecule has 2 heterocycles. The molecule has 0 saturated carbocycles. The number of aromatic nitrogens is 2. The highest BCUT2D eigenvalue weighted by Gasteiger charge is 2.27. The number of fused-ring (bicyclic) bond motifs is 10. The Morgan fingerprint density at radius 2 is 0.383 bits per heavy atom. The molecule has 25 aromatic rings. The SMILES string of the molecule is CC(C)(C)c1cccc(-c2c3ccccc3c(-c3ccc(-n4c5ccc(N(c6ccccc6)c6ccccc6)cc5c5cc(N(c6ccccc6)c6ccccc6)ccc54)cc3)c3ccccc23)c1.Cc1ccccc1-c1ccc(-c2c3ccccc3c(-c3ccc(-n4c5ccc(N(c6ccccc6)c6ccccc6)cc5c5cc(N(c6ccccc6)c6ccccc6)ccc54)cc3)c3ccccc23)cc1. The predicted octanol–water partition coefficient (Wildman–Crippen LogP) is 38.0. The predicted molar refractivity (Wildman–Crippen MR) is 601 cm³/mol. The Bertz CT molecular complexity index is 8360. The number of benzene rings is 23. The molecule has 0 N–H and O–H groups in total. The number of anilines is 12. The molecule has 0 saturated heterocycles. The van der Waals surface area contributed by atoms with Crippen LogP contribution < -0.4 is 19.6 Å². The minimum Gasteiger partial charge on any atom is -0.310 e. The zero-order valence-corrected chi connectivity index (χ0v) is 79.0. The molecule has 0 aliphatic carbocycles. The Balaban J connectivity index is 0.000000153. The topological polar surface area (TPSA) is 22.8 Å². The lowest BCUT2D eigenvalue weighted by Crippen LogP contribution is -2.10. The van der Waals surface area contributed by atoms with Crippen molar-refractivity contribution in [3.63, 3.8) is 0 Å². The average Bonchev–Trinajstić information content (AvgIpc) is 1.73. The Morgan fingerprint density at radius 3 is 0.631 bits per heavy atom. The summed E-state index contributed by atoms with van der Waals surface area (Å²) in [5.41, 5.74) is 35.0. The summed E-state index contributed by atoms with van der Waals surface area (Å²) in [5.74, 6) is 0. The fourth-order valence-corrected chi connectivity index (χ4v) is 21.4. The van der Waals surface area contributed by atoms with Crippen LogP contribution in [0.4, 0.5) is 68.2 Å². The fourth-order valence-electron chi connectivity index (χ4n) is 21.4. The van der Waals surface area contributed by atoms with Gasteiger partial charge in [0.15, 0.2) is 0 Å². The van der Waals surface area contributed by atoms with Crippen LogP contribution in [-0.4, -0.2) is 9.13 Å². The first-order valence-corrected chi connectivity index (χ1v) is 48.7. The molecule has 0 atom stereocenters. The maximum atomic E-state index is 2.44. The summed E-state index contributed by atoms with van der Waals surface area (Å²) in [5, 5.41) is 14.7. The van der Waals surface area contributed by atoms with Gasteiger partial charge in [0.1, 0.15) is 0 Å². The molecule has 2 aromatic heterocycles. The van der Waals surface area contributed by atoms with Gasteiger partial charge in [0.2, 0.25) is 0 Å². The number of nitrogens with zero attached hydrogens (tertiary/aromatic N) is 6. The van der Waals surface area contributed by atoms with Gasteiger partial charge in [0.25, 0.3) is 0 Å². The second-order valence-corrected chi connectivity index (χ2v) is 37.5. The molecule has 6 heteroatoms. The van der Waals surface area contributed by atoms with Crippen molar-refractivity contribution in [2.75, 3.05) is 19.6 Å². The van der Waals surface area contributed by atoms with Gasteiger partial charge in [-0.05, 0) is 316 Å². The van der Waals surface area contributed by atoms with E-state index in [1.54, 1.807) is 0 Å². The third-order valence-electron chi connectivity index (χ3n) is 28.0. The Hall–Kier alpha value is -18.1. The number of hydrogen-bond donors (Lipinski definition) is 0. The first-order valence-electron chi connectivity index (χ1n) is 48.7. The molecule has 0 amide bonds. The average molecular weight is 1810 g/mol. The van der Waals surface area contributed by atoms with Gasteiger partial charge in [0, 0.05) is 101 Å². The van der Waals surface area contributed by atoms with Gasteiger partial charge in [-0.25, -0.2) is 0 Å². The third kappa shape index (κ3) is 16.0. The summed E-state index contributed by atoms with van der Waals surface area (Å²) in [6, 6.07) is 194. The van der Waals surface area contributed by atoms with Crippen molar-refractivity contribution in [3.05, 3.63) is 545 Å². The van der Waals surface area contributed by atoms with Crippen LogP contribution in [0.15, 0.2) is 534 Å². The number of hydrogen-bond acceptors (Lipinski definition) is 4. The van der Waals surface area contributed by atoms with E-state index in [4.69, 9.17) is 0 Å². The normalized spacial score (nSPS) is 11.5. The van der Waals surface area contributed by atoms with Gasteiger partial charge in [-0.2, -0.15) is 0 Å². The van der Waals surface area contributed by atoms with Crippen molar-refractivity contribution in [2.45, 2.75) is 33.1 Å². The van der Waals surface area contributed by atoms with Gasteiger partial charge in [-0.3, -0.25) is 0 Å². The van der Waals surface area contributed by atoms with Crippen LogP contribution in [0, 0.1) is 6.92 Å². The van der Waals surface area contributed by atoms with E-state index in [1.165, 1.54) is 131 Å². The maximum Gasteiger partial charge on any atom is 0.0542 e. The molecule has 0 unspecified atom stereocenters. The molecular weight excluding hydrogens is 1710 g/mol. The van der Waals surface area contributed by atoms with Crippen LogP contribution >= 0.6 is 0 Å². The molecule has 6 nitrogen and oxygen atoms in total. The highest BCUT2D eigenvalue weighted by Crippen LogP contribution is 2.51. The van der Waals surface area contributed by atoms with Crippen molar-refractivity contribution in [3.8, 4) is 67.0 Å². The maximum absolute atomic E-state index is 2.44. The molecule has 0 spiro atoms. The van der Waals surface area contributed by atoms with E-state index < -0.39 is 0 Å². The molecule has 0 radical (unpaired) electrons. The zero-order chi connectivity index (χ0) is 94.4. The molecule has 23 aromatic carbocycles. The molecule has 670 valence electrons. The second-order valence-electron chi connectivity index (χ2n) is 37.5. The van der Waals surface area contributed by atoms with Gasteiger partial charge < -0.3 is 28.7 Å². The minimum atomic E-state index is 0.0413. The van der Waals surface area contributed by atoms with Crippen LogP contribution in [0.3, 0.4) is 0 Å². The van der Waals surface area contributed by atoms with Gasteiger partial charge in [0.05, 0.1) is 22.1 Å². The minimum absolute atomic E-state index is 0.0413. The molecule has 0 aliphatic heterocycles. The number of aryl methyl sites for hydroxylation is 1. The molecule has 0 fully saturated rings. The van der Waals surface area contributed by atoms with Gasteiger partial charge in [-0.1, -0.05) is 360 Å². The van der Waals surface area contributed by atoms with Crippen LogP contribution in [0.25, 0.3) is 154 Å². The summed E-state index contributed by atoms with van der Waals surface area (Å²) >= 11 is 0. The van der Waals surface area contributed by atoms with E-state index in [1.807, 2.05) is 0 Å². The summed E-state index contributed by atoms with van der Waals surface area (Å²) in [4.78, 5) is 9.40. The molecule has 0 bridgehead atoms. The largest absolute Gasteiger partial charge is 0.310 e. The summed E-state index contributed by atoms with van der Waals surface area (Å²) in [6.07, 6.45) is 0. The Kier molecular flexibility index (Phi) is 22.4. The number of rotatable bonds is 19. The van der Waals surface area contributed by atoms with Crippen molar-refractivity contribution in [1.29, 1.82) is 0 Å².